The Kier molecular flexibility index (Phi) is 5.95. The highest BCUT2D eigenvalue weighted by molar-refractivity contribution is 9.10. The molecule has 0 aliphatic heterocycles. The van der Waals surface area contributed by atoms with Crippen molar-refractivity contribution in [2.24, 2.45) is 0 Å². The Morgan fingerprint density at radius 2 is 2.19 bits per heavy atom. The van der Waals surface area contributed by atoms with Gasteiger partial charge in [0.05, 0.1) is 13.2 Å². The predicted molar refractivity (Wildman–Crippen MR) is 66.9 cm³/mol. The van der Waals surface area contributed by atoms with Crippen LogP contribution in [0.2, 0.25) is 0 Å². The summed E-state index contributed by atoms with van der Waals surface area (Å²) in [6.07, 6.45) is 0. The first kappa shape index (κ1) is 13.6. The van der Waals surface area contributed by atoms with E-state index in [2.05, 4.69) is 35.1 Å². The van der Waals surface area contributed by atoms with Crippen LogP contribution in [0, 0.1) is 5.82 Å². The number of nitrogens with one attached hydrogen (secondary N) is 1. The molecule has 0 aliphatic carbocycles. The highest BCUT2D eigenvalue weighted by Crippen LogP contribution is 2.15. The van der Waals surface area contributed by atoms with Gasteiger partial charge in [0, 0.05) is 22.6 Å². The molecule has 1 aromatic rings. The van der Waals surface area contributed by atoms with Crippen molar-refractivity contribution in [2.45, 2.75) is 26.5 Å². The van der Waals surface area contributed by atoms with Gasteiger partial charge in [-0.25, -0.2) is 4.39 Å². The summed E-state index contributed by atoms with van der Waals surface area (Å²) in [6.45, 7) is 5.85. The fraction of sp³-hybridized carbons (Fsp3) is 0.500. The minimum Gasteiger partial charge on any atom is -0.375 e. The van der Waals surface area contributed by atoms with Crippen LogP contribution in [0.4, 0.5) is 4.39 Å². The molecule has 90 valence electrons. The van der Waals surface area contributed by atoms with E-state index in [1.807, 2.05) is 6.07 Å². The Bertz CT molecular complexity index is 331. The third-order valence-corrected chi connectivity index (χ3v) is 2.56. The van der Waals surface area contributed by atoms with Crippen molar-refractivity contribution >= 4 is 15.9 Å². The minimum absolute atomic E-state index is 0.230. The molecule has 0 saturated heterocycles. The molecular weight excluding hydrogens is 273 g/mol. The van der Waals surface area contributed by atoms with Gasteiger partial charge < -0.3 is 10.1 Å². The zero-order chi connectivity index (χ0) is 12.0. The Balaban J connectivity index is 2.27. The van der Waals surface area contributed by atoms with E-state index < -0.39 is 0 Å². The van der Waals surface area contributed by atoms with Crippen LogP contribution in [0.3, 0.4) is 0 Å². The molecule has 0 radical (unpaired) electrons. The molecule has 0 heterocycles. The first-order chi connectivity index (χ1) is 7.59. The fourth-order valence-electron chi connectivity index (χ4n) is 1.24. The summed E-state index contributed by atoms with van der Waals surface area (Å²) in [5.41, 5.74) is 0.591. The zero-order valence-electron chi connectivity index (χ0n) is 9.59. The normalized spacial score (nSPS) is 11.1. The van der Waals surface area contributed by atoms with Crippen LogP contribution >= 0.6 is 15.9 Å². The molecule has 0 fully saturated rings. The topological polar surface area (TPSA) is 21.3 Å². The summed E-state index contributed by atoms with van der Waals surface area (Å²) < 4.78 is 19.5. The number of hydrogen-bond donors (Lipinski definition) is 1. The summed E-state index contributed by atoms with van der Waals surface area (Å²) in [5, 5.41) is 3.23. The molecule has 1 rings (SSSR count). The van der Waals surface area contributed by atoms with Crippen LogP contribution in [0.5, 0.6) is 0 Å². The third-order valence-electron chi connectivity index (χ3n) is 2.07. The summed E-state index contributed by atoms with van der Waals surface area (Å²) in [4.78, 5) is 0. The molecular formula is C12H17BrFNO. The lowest BCUT2D eigenvalue weighted by Crippen LogP contribution is -2.26. The number of hydrogen-bond acceptors (Lipinski definition) is 2. The van der Waals surface area contributed by atoms with Crippen molar-refractivity contribution in [1.29, 1.82) is 0 Å². The van der Waals surface area contributed by atoms with E-state index in [9.17, 15) is 4.39 Å². The van der Waals surface area contributed by atoms with Gasteiger partial charge in [-0.1, -0.05) is 35.8 Å². The molecule has 0 amide bonds. The first-order valence-corrected chi connectivity index (χ1v) is 6.14. The summed E-state index contributed by atoms with van der Waals surface area (Å²) in [6, 6.07) is 5.45. The number of halogens is 2. The second-order valence-corrected chi connectivity index (χ2v) is 4.81. The molecule has 2 nitrogen and oxygen atoms in total. The monoisotopic (exact) mass is 289 g/mol. The van der Waals surface area contributed by atoms with E-state index in [1.54, 1.807) is 6.07 Å². The van der Waals surface area contributed by atoms with Gasteiger partial charge in [-0.3, -0.25) is 0 Å². The number of benzene rings is 1. The van der Waals surface area contributed by atoms with E-state index in [1.165, 1.54) is 6.07 Å². The standard InChI is InChI=1S/C12H17BrFNO/c1-9(2)15-5-6-16-8-10-3-4-11(13)7-12(10)14/h3-4,7,9,15H,5-6,8H2,1-2H3. The summed E-state index contributed by atoms with van der Waals surface area (Å²) in [7, 11) is 0. The maximum Gasteiger partial charge on any atom is 0.129 e. The van der Waals surface area contributed by atoms with Crippen LogP contribution in [-0.4, -0.2) is 19.2 Å². The molecule has 0 saturated carbocycles. The van der Waals surface area contributed by atoms with Gasteiger partial charge in [-0.15, -0.1) is 0 Å². The van der Waals surface area contributed by atoms with E-state index in [4.69, 9.17) is 4.74 Å². The summed E-state index contributed by atoms with van der Waals surface area (Å²) >= 11 is 3.21. The van der Waals surface area contributed by atoms with Gasteiger partial charge in [-0.05, 0) is 12.1 Å². The van der Waals surface area contributed by atoms with Crippen molar-refractivity contribution < 1.29 is 9.13 Å². The molecule has 0 aliphatic rings. The SMILES string of the molecule is CC(C)NCCOCc1ccc(Br)cc1F. The molecule has 0 spiro atoms. The molecule has 0 aromatic heterocycles. The zero-order valence-corrected chi connectivity index (χ0v) is 11.2. The molecule has 0 bridgehead atoms. The molecule has 1 N–H and O–H groups in total. The quantitative estimate of drug-likeness (QED) is 0.813. The minimum atomic E-state index is -0.230. The molecule has 1 aromatic carbocycles. The molecule has 0 atom stereocenters. The largest absolute Gasteiger partial charge is 0.375 e. The van der Waals surface area contributed by atoms with Gasteiger partial charge >= 0.3 is 0 Å². The van der Waals surface area contributed by atoms with Crippen LogP contribution in [0.1, 0.15) is 19.4 Å². The first-order valence-electron chi connectivity index (χ1n) is 5.34. The van der Waals surface area contributed by atoms with Gasteiger partial charge in [-0.2, -0.15) is 0 Å². The maximum atomic E-state index is 13.4. The smallest absolute Gasteiger partial charge is 0.129 e. The van der Waals surface area contributed by atoms with E-state index in [0.717, 1.165) is 11.0 Å². The molecule has 4 heteroatoms. The second kappa shape index (κ2) is 6.99. The van der Waals surface area contributed by atoms with Crippen LogP contribution in [0.25, 0.3) is 0 Å². The van der Waals surface area contributed by atoms with Crippen LogP contribution in [-0.2, 0) is 11.3 Å². The van der Waals surface area contributed by atoms with Gasteiger partial charge in [0.2, 0.25) is 0 Å². The lowest BCUT2D eigenvalue weighted by atomic mass is 10.2. The van der Waals surface area contributed by atoms with Gasteiger partial charge in [0.25, 0.3) is 0 Å². The van der Waals surface area contributed by atoms with E-state index >= 15 is 0 Å². The average molecular weight is 290 g/mol. The highest BCUT2D eigenvalue weighted by atomic mass is 79.9. The van der Waals surface area contributed by atoms with E-state index in [-0.39, 0.29) is 5.82 Å². The van der Waals surface area contributed by atoms with Gasteiger partial charge in [0.15, 0.2) is 0 Å². The van der Waals surface area contributed by atoms with Crippen molar-refractivity contribution in [2.75, 3.05) is 13.2 Å². The fourth-order valence-corrected chi connectivity index (χ4v) is 1.57. The Hall–Kier alpha value is -0.450. The Labute approximate surface area is 104 Å². The third kappa shape index (κ3) is 5.05. The highest BCUT2D eigenvalue weighted by Gasteiger charge is 2.02. The summed E-state index contributed by atoms with van der Waals surface area (Å²) in [5.74, 6) is -0.230. The predicted octanol–water partition coefficient (Wildman–Crippen LogP) is 3.10. The number of rotatable bonds is 6. The lowest BCUT2D eigenvalue weighted by Gasteiger charge is -2.09. The average Bonchev–Trinajstić information content (AvgIpc) is 2.20. The van der Waals surface area contributed by atoms with Gasteiger partial charge in [0.1, 0.15) is 5.82 Å². The lowest BCUT2D eigenvalue weighted by molar-refractivity contribution is 0.119. The van der Waals surface area contributed by atoms with Crippen molar-refractivity contribution in [1.82, 2.24) is 5.32 Å². The van der Waals surface area contributed by atoms with Crippen LogP contribution < -0.4 is 5.32 Å². The van der Waals surface area contributed by atoms with Crippen molar-refractivity contribution in [3.63, 3.8) is 0 Å². The molecule has 16 heavy (non-hydrogen) atoms. The maximum absolute atomic E-state index is 13.4. The second-order valence-electron chi connectivity index (χ2n) is 3.90. The Morgan fingerprint density at radius 1 is 1.44 bits per heavy atom. The van der Waals surface area contributed by atoms with Crippen LogP contribution in [0.15, 0.2) is 22.7 Å². The van der Waals surface area contributed by atoms with Crippen molar-refractivity contribution in [3.8, 4) is 0 Å². The van der Waals surface area contributed by atoms with E-state index in [0.29, 0.717) is 24.8 Å². The van der Waals surface area contributed by atoms with Crippen molar-refractivity contribution in [3.05, 3.63) is 34.1 Å². The number of ether oxygens (including phenoxy) is 1. The molecule has 0 unspecified atom stereocenters. The Morgan fingerprint density at radius 3 is 2.81 bits per heavy atom.